The Labute approximate surface area is 106 Å². The number of likely N-dealkylation sites (N-methyl/N-ethyl adjacent to an activating group) is 1. The van der Waals surface area contributed by atoms with Crippen LogP contribution >= 0.6 is 0 Å². The molecular weight excluding hydrogens is 230 g/mol. The maximum Gasteiger partial charge on any atom is 0.289 e. The molecule has 0 unspecified atom stereocenters. The molecule has 0 radical (unpaired) electrons. The van der Waals surface area contributed by atoms with Crippen LogP contribution in [-0.2, 0) is 0 Å². The van der Waals surface area contributed by atoms with Gasteiger partial charge in [-0.15, -0.1) is 0 Å². The predicted octanol–water partition coefficient (Wildman–Crippen LogP) is 2.43. The highest BCUT2D eigenvalue weighted by atomic mass is 16.5. The molecule has 0 N–H and O–H groups in total. The largest absolute Gasteiger partial charge is 0.492 e. The van der Waals surface area contributed by atoms with Gasteiger partial charge in [-0.3, -0.25) is 4.79 Å². The van der Waals surface area contributed by atoms with Crippen molar-refractivity contribution in [3.05, 3.63) is 54.5 Å². The van der Waals surface area contributed by atoms with Gasteiger partial charge < -0.3 is 14.1 Å². The fourth-order valence-corrected chi connectivity index (χ4v) is 1.51. The van der Waals surface area contributed by atoms with Crippen molar-refractivity contribution in [3.63, 3.8) is 0 Å². The number of amides is 1. The molecule has 0 saturated heterocycles. The molecule has 0 atom stereocenters. The molecule has 0 bridgehead atoms. The van der Waals surface area contributed by atoms with Crippen molar-refractivity contribution in [1.82, 2.24) is 4.90 Å². The van der Waals surface area contributed by atoms with Crippen molar-refractivity contribution in [2.75, 3.05) is 20.2 Å². The summed E-state index contributed by atoms with van der Waals surface area (Å²) in [5.74, 6) is 1.00. The number of furan rings is 1. The molecule has 94 valence electrons. The number of rotatable bonds is 5. The fraction of sp³-hybridized carbons (Fsp3) is 0.214. The second-order valence-electron chi connectivity index (χ2n) is 3.87. The highest BCUT2D eigenvalue weighted by molar-refractivity contribution is 5.91. The van der Waals surface area contributed by atoms with Crippen LogP contribution in [-0.4, -0.2) is 31.0 Å². The van der Waals surface area contributed by atoms with Crippen LogP contribution in [0.1, 0.15) is 10.6 Å². The van der Waals surface area contributed by atoms with Crippen molar-refractivity contribution in [1.29, 1.82) is 0 Å². The van der Waals surface area contributed by atoms with Crippen LogP contribution in [0, 0.1) is 0 Å². The summed E-state index contributed by atoms with van der Waals surface area (Å²) < 4.78 is 10.6. The molecule has 4 nitrogen and oxygen atoms in total. The molecular formula is C14H15NO3. The van der Waals surface area contributed by atoms with Gasteiger partial charge in [0.1, 0.15) is 12.4 Å². The SMILES string of the molecule is CN(CCOc1ccccc1)C(=O)c1ccco1. The third kappa shape index (κ3) is 3.13. The molecule has 0 aliphatic rings. The topological polar surface area (TPSA) is 42.7 Å². The van der Waals surface area contributed by atoms with E-state index < -0.39 is 0 Å². The van der Waals surface area contributed by atoms with Gasteiger partial charge in [0, 0.05) is 7.05 Å². The van der Waals surface area contributed by atoms with Crippen LogP contribution in [0.25, 0.3) is 0 Å². The van der Waals surface area contributed by atoms with Crippen molar-refractivity contribution >= 4 is 5.91 Å². The van der Waals surface area contributed by atoms with E-state index in [9.17, 15) is 4.79 Å². The Hall–Kier alpha value is -2.23. The maximum atomic E-state index is 11.8. The van der Waals surface area contributed by atoms with E-state index in [1.165, 1.54) is 6.26 Å². The first kappa shape index (κ1) is 12.2. The summed E-state index contributed by atoms with van der Waals surface area (Å²) in [6, 6.07) is 12.9. The van der Waals surface area contributed by atoms with Crippen LogP contribution < -0.4 is 4.74 Å². The quantitative estimate of drug-likeness (QED) is 0.812. The Kier molecular flexibility index (Phi) is 4.02. The number of ether oxygens (including phenoxy) is 1. The number of benzene rings is 1. The lowest BCUT2D eigenvalue weighted by Gasteiger charge is -2.16. The van der Waals surface area contributed by atoms with Gasteiger partial charge in [-0.05, 0) is 24.3 Å². The van der Waals surface area contributed by atoms with Crippen LogP contribution in [0.5, 0.6) is 5.75 Å². The molecule has 0 saturated carbocycles. The first-order chi connectivity index (χ1) is 8.77. The van der Waals surface area contributed by atoms with E-state index in [1.54, 1.807) is 24.1 Å². The number of hydrogen-bond acceptors (Lipinski definition) is 3. The van der Waals surface area contributed by atoms with Crippen molar-refractivity contribution < 1.29 is 13.9 Å². The minimum absolute atomic E-state index is 0.142. The number of carbonyl (C=O) groups is 1. The normalized spacial score (nSPS) is 10.1. The molecule has 18 heavy (non-hydrogen) atoms. The van der Waals surface area contributed by atoms with Crippen LogP contribution in [0.3, 0.4) is 0 Å². The third-order valence-corrected chi connectivity index (χ3v) is 2.52. The van der Waals surface area contributed by atoms with E-state index in [0.29, 0.717) is 18.9 Å². The first-order valence-corrected chi connectivity index (χ1v) is 5.74. The predicted molar refractivity (Wildman–Crippen MR) is 67.6 cm³/mol. The maximum absolute atomic E-state index is 11.8. The zero-order chi connectivity index (χ0) is 12.8. The van der Waals surface area contributed by atoms with Gasteiger partial charge in [0.15, 0.2) is 5.76 Å². The summed E-state index contributed by atoms with van der Waals surface area (Å²) in [6.45, 7) is 0.960. The van der Waals surface area contributed by atoms with E-state index >= 15 is 0 Å². The molecule has 0 spiro atoms. The number of para-hydroxylation sites is 1. The zero-order valence-corrected chi connectivity index (χ0v) is 10.2. The number of hydrogen-bond donors (Lipinski definition) is 0. The van der Waals surface area contributed by atoms with E-state index in [2.05, 4.69) is 0 Å². The van der Waals surface area contributed by atoms with Gasteiger partial charge in [0.05, 0.1) is 12.8 Å². The van der Waals surface area contributed by atoms with Crippen molar-refractivity contribution in [2.45, 2.75) is 0 Å². The lowest BCUT2D eigenvalue weighted by molar-refractivity contribution is 0.0742. The van der Waals surface area contributed by atoms with Crippen LogP contribution in [0.15, 0.2) is 53.1 Å². The average Bonchev–Trinajstić information content (AvgIpc) is 2.93. The summed E-state index contributed by atoms with van der Waals surface area (Å²) in [7, 11) is 1.72. The Bertz CT molecular complexity index is 479. The van der Waals surface area contributed by atoms with Crippen LogP contribution in [0.4, 0.5) is 0 Å². The van der Waals surface area contributed by atoms with Gasteiger partial charge in [0.2, 0.25) is 0 Å². The standard InChI is InChI=1S/C14H15NO3/c1-15(14(16)13-8-5-10-18-13)9-11-17-12-6-3-2-4-7-12/h2-8,10H,9,11H2,1H3. The van der Waals surface area contributed by atoms with Crippen molar-refractivity contribution in [2.24, 2.45) is 0 Å². The van der Waals surface area contributed by atoms with E-state index in [1.807, 2.05) is 30.3 Å². The number of nitrogens with zero attached hydrogens (tertiary/aromatic N) is 1. The van der Waals surface area contributed by atoms with Gasteiger partial charge in [-0.25, -0.2) is 0 Å². The van der Waals surface area contributed by atoms with Gasteiger partial charge in [-0.2, -0.15) is 0 Å². The molecule has 1 heterocycles. The van der Waals surface area contributed by atoms with Crippen LogP contribution in [0.2, 0.25) is 0 Å². The molecule has 2 aromatic rings. The average molecular weight is 245 g/mol. The minimum atomic E-state index is -0.142. The second-order valence-corrected chi connectivity index (χ2v) is 3.87. The Balaban J connectivity index is 1.79. The van der Waals surface area contributed by atoms with E-state index in [4.69, 9.17) is 9.15 Å². The fourth-order valence-electron chi connectivity index (χ4n) is 1.51. The smallest absolute Gasteiger partial charge is 0.289 e. The molecule has 0 aliphatic carbocycles. The minimum Gasteiger partial charge on any atom is -0.492 e. The lowest BCUT2D eigenvalue weighted by atomic mass is 10.3. The molecule has 2 rings (SSSR count). The molecule has 0 fully saturated rings. The van der Waals surface area contributed by atoms with Gasteiger partial charge in [-0.1, -0.05) is 18.2 Å². The lowest BCUT2D eigenvalue weighted by Crippen LogP contribution is -2.30. The summed E-state index contributed by atoms with van der Waals surface area (Å²) in [5.41, 5.74) is 0. The van der Waals surface area contributed by atoms with Crippen molar-refractivity contribution in [3.8, 4) is 5.75 Å². The van der Waals surface area contributed by atoms with Gasteiger partial charge >= 0.3 is 0 Å². The van der Waals surface area contributed by atoms with Gasteiger partial charge in [0.25, 0.3) is 5.91 Å². The third-order valence-electron chi connectivity index (χ3n) is 2.52. The Morgan fingerprint density at radius 3 is 2.67 bits per heavy atom. The Morgan fingerprint density at radius 1 is 1.22 bits per heavy atom. The zero-order valence-electron chi connectivity index (χ0n) is 10.2. The molecule has 4 heteroatoms. The Morgan fingerprint density at radius 2 is 2.00 bits per heavy atom. The van der Waals surface area contributed by atoms with E-state index in [0.717, 1.165) is 5.75 Å². The highest BCUT2D eigenvalue weighted by Gasteiger charge is 2.13. The summed E-state index contributed by atoms with van der Waals surface area (Å²) in [4.78, 5) is 13.4. The summed E-state index contributed by atoms with van der Waals surface area (Å²) >= 11 is 0. The highest BCUT2D eigenvalue weighted by Crippen LogP contribution is 2.08. The molecule has 1 amide bonds. The monoisotopic (exact) mass is 245 g/mol. The summed E-state index contributed by atoms with van der Waals surface area (Å²) in [6.07, 6.45) is 1.49. The van der Waals surface area contributed by atoms with E-state index in [-0.39, 0.29) is 5.91 Å². The molecule has 1 aromatic carbocycles. The number of carbonyl (C=O) groups excluding carboxylic acids is 1. The molecule has 1 aromatic heterocycles. The summed E-state index contributed by atoms with van der Waals surface area (Å²) in [5, 5.41) is 0. The first-order valence-electron chi connectivity index (χ1n) is 5.74. The molecule has 0 aliphatic heterocycles. The second kappa shape index (κ2) is 5.91.